The summed E-state index contributed by atoms with van der Waals surface area (Å²) < 4.78 is 5.13. The first kappa shape index (κ1) is 11.9. The molecule has 0 saturated carbocycles. The predicted octanol–water partition coefficient (Wildman–Crippen LogP) is -1.09. The summed E-state index contributed by atoms with van der Waals surface area (Å²) in [5.74, 6) is -1.28. The van der Waals surface area contributed by atoms with Gasteiger partial charge in [0.25, 0.3) is 0 Å². The third kappa shape index (κ3) is 4.26. The predicted molar refractivity (Wildman–Crippen MR) is 52.5 cm³/mol. The van der Waals surface area contributed by atoms with Crippen molar-refractivity contribution >= 4 is 11.9 Å². The minimum absolute atomic E-state index is 0.237. The van der Waals surface area contributed by atoms with Crippen LogP contribution in [0.1, 0.15) is 6.92 Å². The van der Waals surface area contributed by atoms with Gasteiger partial charge in [-0.15, -0.1) is 0 Å². The second-order valence-corrected chi connectivity index (χ2v) is 3.52. The van der Waals surface area contributed by atoms with Crippen molar-refractivity contribution in [3.8, 4) is 0 Å². The number of rotatable bonds is 4. The van der Waals surface area contributed by atoms with E-state index in [9.17, 15) is 9.59 Å². The van der Waals surface area contributed by atoms with Gasteiger partial charge >= 0.3 is 5.97 Å². The fraction of sp³-hybridized carbons (Fsp3) is 0.778. The number of aliphatic carboxylic acids is 1. The first-order valence-electron chi connectivity index (χ1n) is 4.92. The van der Waals surface area contributed by atoms with E-state index >= 15 is 0 Å². The van der Waals surface area contributed by atoms with Crippen LogP contribution >= 0.6 is 0 Å². The van der Waals surface area contributed by atoms with Crippen molar-refractivity contribution in [1.29, 1.82) is 0 Å². The van der Waals surface area contributed by atoms with Gasteiger partial charge in [0, 0.05) is 13.1 Å². The Labute approximate surface area is 88.2 Å². The molecule has 1 fully saturated rings. The van der Waals surface area contributed by atoms with Crippen molar-refractivity contribution in [2.24, 2.45) is 0 Å². The Kier molecular flexibility index (Phi) is 4.51. The Morgan fingerprint density at radius 3 is 2.60 bits per heavy atom. The smallest absolute Gasteiger partial charge is 0.325 e. The highest BCUT2D eigenvalue weighted by Crippen LogP contribution is 1.95. The number of hydrogen-bond acceptors (Lipinski definition) is 4. The van der Waals surface area contributed by atoms with Crippen molar-refractivity contribution < 1.29 is 19.4 Å². The molecule has 1 rings (SSSR count). The second-order valence-electron chi connectivity index (χ2n) is 3.52. The van der Waals surface area contributed by atoms with Crippen molar-refractivity contribution in [2.75, 3.05) is 32.8 Å². The maximum Gasteiger partial charge on any atom is 0.325 e. The zero-order valence-electron chi connectivity index (χ0n) is 8.73. The lowest BCUT2D eigenvalue weighted by Gasteiger charge is -2.26. The summed E-state index contributed by atoms with van der Waals surface area (Å²) in [6.45, 7) is 4.37. The van der Waals surface area contributed by atoms with Crippen LogP contribution in [0.2, 0.25) is 0 Å². The molecule has 6 nitrogen and oxygen atoms in total. The lowest BCUT2D eigenvalue weighted by molar-refractivity contribution is -0.141. The van der Waals surface area contributed by atoms with E-state index < -0.39 is 12.0 Å². The molecule has 0 aromatic carbocycles. The monoisotopic (exact) mass is 216 g/mol. The summed E-state index contributed by atoms with van der Waals surface area (Å²) in [4.78, 5) is 23.8. The van der Waals surface area contributed by atoms with Crippen LogP contribution in [0, 0.1) is 0 Å². The third-order valence-electron chi connectivity index (χ3n) is 2.22. The Hall–Kier alpha value is -1.14. The molecule has 1 aliphatic heterocycles. The molecule has 1 heterocycles. The van der Waals surface area contributed by atoms with Crippen LogP contribution in [0.25, 0.3) is 0 Å². The molecule has 2 N–H and O–H groups in total. The number of amides is 1. The molecule has 0 radical (unpaired) electrons. The number of nitrogens with one attached hydrogen (secondary N) is 1. The normalized spacial score (nSPS) is 19.5. The zero-order chi connectivity index (χ0) is 11.3. The molecule has 6 heteroatoms. The third-order valence-corrected chi connectivity index (χ3v) is 2.22. The van der Waals surface area contributed by atoms with Crippen LogP contribution < -0.4 is 5.32 Å². The van der Waals surface area contributed by atoms with E-state index in [4.69, 9.17) is 9.84 Å². The quantitative estimate of drug-likeness (QED) is 0.624. The van der Waals surface area contributed by atoms with Crippen molar-refractivity contribution in [3.05, 3.63) is 0 Å². The van der Waals surface area contributed by atoms with E-state index in [2.05, 4.69) is 5.32 Å². The van der Waals surface area contributed by atoms with Gasteiger partial charge in [0.2, 0.25) is 5.91 Å². The molecular weight excluding hydrogens is 200 g/mol. The maximum atomic E-state index is 11.4. The highest BCUT2D eigenvalue weighted by atomic mass is 16.5. The Morgan fingerprint density at radius 1 is 1.47 bits per heavy atom. The number of carbonyl (C=O) groups is 2. The van der Waals surface area contributed by atoms with Crippen LogP contribution in [0.15, 0.2) is 0 Å². The van der Waals surface area contributed by atoms with E-state index in [1.54, 1.807) is 0 Å². The number of morpholine rings is 1. The van der Waals surface area contributed by atoms with Crippen LogP contribution in [0.4, 0.5) is 0 Å². The molecule has 86 valence electrons. The lowest BCUT2D eigenvalue weighted by Crippen LogP contribution is -2.46. The average Bonchev–Trinajstić information content (AvgIpc) is 2.18. The van der Waals surface area contributed by atoms with E-state index in [1.165, 1.54) is 6.92 Å². The van der Waals surface area contributed by atoms with Gasteiger partial charge in [0.05, 0.1) is 19.8 Å². The molecule has 1 saturated heterocycles. The van der Waals surface area contributed by atoms with E-state index in [0.29, 0.717) is 13.2 Å². The Balaban J connectivity index is 2.25. The number of nitrogens with zero attached hydrogens (tertiary/aromatic N) is 1. The molecule has 1 atom stereocenters. The summed E-state index contributed by atoms with van der Waals surface area (Å²) in [5, 5.41) is 11.0. The largest absolute Gasteiger partial charge is 0.480 e. The minimum Gasteiger partial charge on any atom is -0.480 e. The highest BCUT2D eigenvalue weighted by Gasteiger charge is 2.17. The van der Waals surface area contributed by atoms with Gasteiger partial charge in [-0.2, -0.15) is 0 Å². The van der Waals surface area contributed by atoms with Crippen LogP contribution in [0.3, 0.4) is 0 Å². The first-order chi connectivity index (χ1) is 7.09. The van der Waals surface area contributed by atoms with Gasteiger partial charge < -0.3 is 15.2 Å². The van der Waals surface area contributed by atoms with Crippen LogP contribution in [-0.2, 0) is 14.3 Å². The second kappa shape index (κ2) is 5.67. The molecule has 1 unspecified atom stereocenters. The SMILES string of the molecule is CC(NC(=O)CN1CCOCC1)C(=O)O. The minimum atomic E-state index is -1.02. The summed E-state index contributed by atoms with van der Waals surface area (Å²) in [7, 11) is 0. The topological polar surface area (TPSA) is 78.9 Å². The zero-order valence-corrected chi connectivity index (χ0v) is 8.73. The molecular formula is C9H16N2O4. The summed E-state index contributed by atoms with van der Waals surface area (Å²) in [6, 6.07) is -0.835. The summed E-state index contributed by atoms with van der Waals surface area (Å²) >= 11 is 0. The highest BCUT2D eigenvalue weighted by molar-refractivity contribution is 5.84. The molecule has 15 heavy (non-hydrogen) atoms. The van der Waals surface area contributed by atoms with Crippen LogP contribution in [-0.4, -0.2) is 60.8 Å². The number of carboxylic acids is 1. The van der Waals surface area contributed by atoms with E-state index in [0.717, 1.165) is 13.1 Å². The Morgan fingerprint density at radius 2 is 2.07 bits per heavy atom. The number of ether oxygens (including phenoxy) is 1. The molecule has 0 aromatic rings. The van der Waals surface area contributed by atoms with E-state index in [1.807, 2.05) is 4.90 Å². The standard InChI is InChI=1S/C9H16N2O4/c1-7(9(13)14)10-8(12)6-11-2-4-15-5-3-11/h7H,2-6H2,1H3,(H,10,12)(H,13,14). The number of carboxylic acid groups (broad SMARTS) is 1. The van der Waals surface area contributed by atoms with Crippen molar-refractivity contribution in [1.82, 2.24) is 10.2 Å². The van der Waals surface area contributed by atoms with E-state index in [-0.39, 0.29) is 12.5 Å². The molecule has 1 amide bonds. The summed E-state index contributed by atoms with van der Waals surface area (Å²) in [6.07, 6.45) is 0. The maximum absolute atomic E-state index is 11.4. The molecule has 1 aliphatic rings. The van der Waals surface area contributed by atoms with Gasteiger partial charge in [0.1, 0.15) is 6.04 Å². The van der Waals surface area contributed by atoms with Gasteiger partial charge in [0.15, 0.2) is 0 Å². The number of hydrogen-bond donors (Lipinski definition) is 2. The van der Waals surface area contributed by atoms with Crippen LogP contribution in [0.5, 0.6) is 0 Å². The molecule has 0 bridgehead atoms. The molecule has 0 aromatic heterocycles. The Bertz CT molecular complexity index is 238. The van der Waals surface area contributed by atoms with Crippen molar-refractivity contribution in [3.63, 3.8) is 0 Å². The molecule has 0 spiro atoms. The number of carbonyl (C=O) groups excluding carboxylic acids is 1. The first-order valence-corrected chi connectivity index (χ1v) is 4.92. The van der Waals surface area contributed by atoms with Gasteiger partial charge in [-0.25, -0.2) is 0 Å². The lowest BCUT2D eigenvalue weighted by atomic mass is 10.3. The average molecular weight is 216 g/mol. The van der Waals surface area contributed by atoms with Gasteiger partial charge in [-0.1, -0.05) is 0 Å². The molecule has 0 aliphatic carbocycles. The fourth-order valence-corrected chi connectivity index (χ4v) is 1.31. The van der Waals surface area contributed by atoms with Gasteiger partial charge in [-0.3, -0.25) is 14.5 Å². The van der Waals surface area contributed by atoms with Gasteiger partial charge in [-0.05, 0) is 6.92 Å². The fourth-order valence-electron chi connectivity index (χ4n) is 1.31. The van der Waals surface area contributed by atoms with Crippen molar-refractivity contribution in [2.45, 2.75) is 13.0 Å². The summed E-state index contributed by atoms with van der Waals surface area (Å²) in [5.41, 5.74) is 0.